The van der Waals surface area contributed by atoms with Crippen LogP contribution in [0.3, 0.4) is 0 Å². The van der Waals surface area contributed by atoms with Crippen molar-refractivity contribution in [1.82, 2.24) is 0 Å². The second kappa shape index (κ2) is 14.4. The summed E-state index contributed by atoms with van der Waals surface area (Å²) >= 11 is 0. The molecule has 0 rings (SSSR count). The molecule has 0 bridgehead atoms. The monoisotopic (exact) mass is 192 g/mol. The van der Waals surface area contributed by atoms with Crippen molar-refractivity contribution in [1.29, 1.82) is 0 Å². The zero-order valence-corrected chi connectivity index (χ0v) is 9.61. The fourth-order valence-electron chi connectivity index (χ4n) is 1.05. The first kappa shape index (κ1) is 15.4. The SMILES string of the molecule is CCCC(CC)COC.CCCF. The molecular weight excluding hydrogens is 167 g/mol. The Morgan fingerprint density at radius 3 is 1.92 bits per heavy atom. The van der Waals surface area contributed by atoms with Gasteiger partial charge in [-0.1, -0.05) is 33.6 Å². The first-order valence-electron chi connectivity index (χ1n) is 5.31. The Morgan fingerprint density at radius 2 is 1.69 bits per heavy atom. The molecule has 13 heavy (non-hydrogen) atoms. The zero-order chi connectivity index (χ0) is 10.5. The lowest BCUT2D eigenvalue weighted by atomic mass is 10.0. The van der Waals surface area contributed by atoms with Gasteiger partial charge < -0.3 is 4.74 Å². The van der Waals surface area contributed by atoms with Gasteiger partial charge >= 0.3 is 0 Å². The van der Waals surface area contributed by atoms with Gasteiger partial charge in [0.1, 0.15) is 0 Å². The quantitative estimate of drug-likeness (QED) is 0.621. The number of methoxy groups -OCH3 is 1. The third kappa shape index (κ3) is 14.7. The molecule has 82 valence electrons. The second-order valence-electron chi connectivity index (χ2n) is 3.21. The highest BCUT2D eigenvalue weighted by atomic mass is 19.1. The highest BCUT2D eigenvalue weighted by Gasteiger charge is 2.02. The van der Waals surface area contributed by atoms with Gasteiger partial charge in [-0.3, -0.25) is 4.39 Å². The van der Waals surface area contributed by atoms with Gasteiger partial charge in [-0.25, -0.2) is 0 Å². The predicted molar refractivity (Wildman–Crippen MR) is 56.8 cm³/mol. The Hall–Kier alpha value is -0.110. The first-order chi connectivity index (χ1) is 6.26. The number of hydrogen-bond donors (Lipinski definition) is 0. The Kier molecular flexibility index (Phi) is 17.0. The van der Waals surface area contributed by atoms with Crippen molar-refractivity contribution in [2.75, 3.05) is 20.4 Å². The third-order valence-electron chi connectivity index (χ3n) is 1.87. The van der Waals surface area contributed by atoms with Crippen LogP contribution in [0.2, 0.25) is 0 Å². The summed E-state index contributed by atoms with van der Waals surface area (Å²) in [6.07, 6.45) is 4.49. The maximum absolute atomic E-state index is 10.7. The van der Waals surface area contributed by atoms with Crippen molar-refractivity contribution >= 4 is 0 Å². The van der Waals surface area contributed by atoms with Crippen LogP contribution in [0.4, 0.5) is 4.39 Å². The van der Waals surface area contributed by atoms with Gasteiger partial charge in [-0.15, -0.1) is 0 Å². The lowest BCUT2D eigenvalue weighted by Gasteiger charge is -2.10. The van der Waals surface area contributed by atoms with Crippen molar-refractivity contribution in [3.05, 3.63) is 0 Å². The maximum Gasteiger partial charge on any atom is 0.0891 e. The normalized spacial score (nSPS) is 11.8. The number of rotatable bonds is 6. The third-order valence-corrected chi connectivity index (χ3v) is 1.87. The molecule has 0 aliphatic heterocycles. The number of ether oxygens (including phenoxy) is 1. The molecular formula is C11H25FO. The van der Waals surface area contributed by atoms with Crippen molar-refractivity contribution in [3.63, 3.8) is 0 Å². The summed E-state index contributed by atoms with van der Waals surface area (Å²) in [4.78, 5) is 0. The van der Waals surface area contributed by atoms with E-state index in [-0.39, 0.29) is 6.67 Å². The van der Waals surface area contributed by atoms with E-state index in [9.17, 15) is 4.39 Å². The largest absolute Gasteiger partial charge is 0.384 e. The van der Waals surface area contributed by atoms with Gasteiger partial charge in [0.15, 0.2) is 0 Å². The molecule has 0 N–H and O–H groups in total. The molecule has 0 aromatic carbocycles. The van der Waals surface area contributed by atoms with E-state index in [1.54, 1.807) is 14.0 Å². The Labute approximate surface area is 82.7 Å². The van der Waals surface area contributed by atoms with E-state index in [1.165, 1.54) is 19.3 Å². The van der Waals surface area contributed by atoms with Gasteiger partial charge in [0.05, 0.1) is 6.67 Å². The molecule has 2 heteroatoms. The van der Waals surface area contributed by atoms with E-state index in [0.717, 1.165) is 12.5 Å². The molecule has 0 saturated heterocycles. The first-order valence-corrected chi connectivity index (χ1v) is 5.31. The predicted octanol–water partition coefficient (Wildman–Crippen LogP) is 3.83. The number of hydrogen-bond acceptors (Lipinski definition) is 1. The molecule has 0 aromatic rings. The van der Waals surface area contributed by atoms with Crippen LogP contribution >= 0.6 is 0 Å². The van der Waals surface area contributed by atoms with Crippen molar-refractivity contribution in [3.8, 4) is 0 Å². The second-order valence-corrected chi connectivity index (χ2v) is 3.21. The highest BCUT2D eigenvalue weighted by molar-refractivity contribution is 4.53. The molecule has 0 heterocycles. The summed E-state index contributed by atoms with van der Waals surface area (Å²) in [5.74, 6) is 0.792. The van der Waals surface area contributed by atoms with Crippen LogP contribution in [0.5, 0.6) is 0 Å². The topological polar surface area (TPSA) is 9.23 Å². The lowest BCUT2D eigenvalue weighted by Crippen LogP contribution is -2.05. The van der Waals surface area contributed by atoms with Crippen molar-refractivity contribution in [2.45, 2.75) is 46.5 Å². The van der Waals surface area contributed by atoms with E-state index < -0.39 is 0 Å². The summed E-state index contributed by atoms with van der Waals surface area (Å²) in [6, 6.07) is 0. The minimum absolute atomic E-state index is 0.181. The van der Waals surface area contributed by atoms with E-state index in [0.29, 0.717) is 6.42 Å². The summed E-state index contributed by atoms with van der Waals surface area (Å²) in [7, 11) is 1.78. The van der Waals surface area contributed by atoms with Crippen LogP contribution in [-0.2, 0) is 4.74 Å². The van der Waals surface area contributed by atoms with E-state index >= 15 is 0 Å². The number of halogens is 1. The van der Waals surface area contributed by atoms with Crippen LogP contribution in [0.1, 0.15) is 46.5 Å². The van der Waals surface area contributed by atoms with Crippen molar-refractivity contribution in [2.24, 2.45) is 5.92 Å². The fourth-order valence-corrected chi connectivity index (χ4v) is 1.05. The molecule has 1 nitrogen and oxygen atoms in total. The van der Waals surface area contributed by atoms with Gasteiger partial charge in [0, 0.05) is 13.7 Å². The van der Waals surface area contributed by atoms with Crippen LogP contribution in [-0.4, -0.2) is 20.4 Å². The Balaban J connectivity index is 0. The summed E-state index contributed by atoms with van der Waals surface area (Å²) in [6.45, 7) is 7.00. The average Bonchev–Trinajstić information content (AvgIpc) is 2.18. The van der Waals surface area contributed by atoms with E-state index in [1.807, 2.05) is 0 Å². The van der Waals surface area contributed by atoms with Gasteiger partial charge in [-0.05, 0) is 18.8 Å². The Morgan fingerprint density at radius 1 is 1.15 bits per heavy atom. The number of alkyl halides is 1. The molecule has 1 atom stereocenters. The fraction of sp³-hybridized carbons (Fsp3) is 1.00. The van der Waals surface area contributed by atoms with Crippen LogP contribution in [0, 0.1) is 5.92 Å². The minimum atomic E-state index is -0.181. The Bertz CT molecular complexity index is 68.5. The molecule has 0 aromatic heterocycles. The van der Waals surface area contributed by atoms with Gasteiger partial charge in [0.2, 0.25) is 0 Å². The summed E-state index contributed by atoms with van der Waals surface area (Å²) in [5.41, 5.74) is 0. The van der Waals surface area contributed by atoms with Crippen molar-refractivity contribution < 1.29 is 9.13 Å². The molecule has 0 spiro atoms. The smallest absolute Gasteiger partial charge is 0.0891 e. The summed E-state index contributed by atoms with van der Waals surface area (Å²) in [5, 5.41) is 0. The molecule has 1 unspecified atom stereocenters. The molecule has 0 amide bonds. The molecule has 0 aliphatic carbocycles. The van der Waals surface area contributed by atoms with E-state index in [4.69, 9.17) is 4.74 Å². The molecule has 0 radical (unpaired) electrons. The van der Waals surface area contributed by atoms with Crippen LogP contribution in [0.25, 0.3) is 0 Å². The minimum Gasteiger partial charge on any atom is -0.384 e. The highest BCUT2D eigenvalue weighted by Crippen LogP contribution is 2.09. The average molecular weight is 192 g/mol. The standard InChI is InChI=1S/C8H18O.C3H7F/c1-4-6-8(5-2)7-9-3;1-2-3-4/h8H,4-7H2,1-3H3;2-3H2,1H3. The van der Waals surface area contributed by atoms with Gasteiger partial charge in [0.25, 0.3) is 0 Å². The maximum atomic E-state index is 10.7. The summed E-state index contributed by atoms with van der Waals surface area (Å²) < 4.78 is 15.8. The van der Waals surface area contributed by atoms with Crippen LogP contribution < -0.4 is 0 Å². The zero-order valence-electron chi connectivity index (χ0n) is 9.61. The van der Waals surface area contributed by atoms with Crippen LogP contribution in [0.15, 0.2) is 0 Å². The molecule has 0 fully saturated rings. The van der Waals surface area contributed by atoms with Gasteiger partial charge in [-0.2, -0.15) is 0 Å². The molecule has 0 aliphatic rings. The van der Waals surface area contributed by atoms with E-state index in [2.05, 4.69) is 13.8 Å². The molecule has 0 saturated carbocycles. The lowest BCUT2D eigenvalue weighted by molar-refractivity contribution is 0.145.